The summed E-state index contributed by atoms with van der Waals surface area (Å²) >= 11 is 5.93. The van der Waals surface area contributed by atoms with Gasteiger partial charge in [-0.3, -0.25) is 9.78 Å². The SMILES string of the molecule is Cc1cc(C2CC=C(C3(C(=O)Nc4ccc(Cl)cc4)CC3)CC2)cc(C)n1. The van der Waals surface area contributed by atoms with Crippen molar-refractivity contribution in [2.45, 2.75) is 51.9 Å². The molecule has 2 aromatic rings. The molecule has 2 aliphatic rings. The van der Waals surface area contributed by atoms with Gasteiger partial charge >= 0.3 is 0 Å². The van der Waals surface area contributed by atoms with Gasteiger partial charge in [0, 0.05) is 22.1 Å². The van der Waals surface area contributed by atoms with Crippen LogP contribution in [0.1, 0.15) is 55.0 Å². The number of halogens is 1. The van der Waals surface area contributed by atoms with Crippen molar-refractivity contribution in [3.8, 4) is 0 Å². The van der Waals surface area contributed by atoms with Crippen LogP contribution in [0.15, 0.2) is 48.0 Å². The second kappa shape index (κ2) is 7.12. The predicted molar refractivity (Wildman–Crippen MR) is 110 cm³/mol. The van der Waals surface area contributed by atoms with Crippen LogP contribution < -0.4 is 5.32 Å². The molecule has 1 saturated carbocycles. The van der Waals surface area contributed by atoms with Crippen LogP contribution >= 0.6 is 11.6 Å². The maximum atomic E-state index is 12.9. The van der Waals surface area contributed by atoms with Gasteiger partial charge in [-0.2, -0.15) is 0 Å². The highest BCUT2D eigenvalue weighted by Gasteiger charge is 2.52. The second-order valence-corrected chi connectivity index (χ2v) is 8.36. The molecular formula is C23H25ClN2O. The van der Waals surface area contributed by atoms with E-state index in [1.54, 1.807) is 12.1 Å². The number of benzene rings is 1. The Labute approximate surface area is 165 Å². The van der Waals surface area contributed by atoms with Gasteiger partial charge in [0.15, 0.2) is 0 Å². The lowest BCUT2D eigenvalue weighted by molar-refractivity contribution is -0.120. The van der Waals surface area contributed by atoms with Crippen molar-refractivity contribution in [1.82, 2.24) is 4.98 Å². The minimum absolute atomic E-state index is 0.130. The number of rotatable bonds is 4. The summed E-state index contributed by atoms with van der Waals surface area (Å²) in [4.78, 5) is 17.4. The number of aromatic nitrogens is 1. The molecule has 0 radical (unpaired) electrons. The molecule has 4 rings (SSSR count). The molecule has 3 nitrogen and oxygen atoms in total. The third-order valence-electron chi connectivity index (χ3n) is 5.89. The molecule has 2 aliphatic carbocycles. The molecule has 1 N–H and O–H groups in total. The Balaban J connectivity index is 1.46. The topological polar surface area (TPSA) is 42.0 Å². The number of pyridine rings is 1. The zero-order valence-electron chi connectivity index (χ0n) is 15.9. The number of amides is 1. The number of carbonyl (C=O) groups excluding carboxylic acids is 1. The van der Waals surface area contributed by atoms with Gasteiger partial charge in [-0.25, -0.2) is 0 Å². The number of anilines is 1. The Morgan fingerprint density at radius 1 is 1.15 bits per heavy atom. The van der Waals surface area contributed by atoms with Crippen LogP contribution in [0, 0.1) is 19.3 Å². The molecular weight excluding hydrogens is 356 g/mol. The van der Waals surface area contributed by atoms with Crippen molar-refractivity contribution in [2.24, 2.45) is 5.41 Å². The molecule has 140 valence electrons. The number of carbonyl (C=O) groups is 1. The summed E-state index contributed by atoms with van der Waals surface area (Å²) in [6, 6.07) is 11.7. The highest BCUT2D eigenvalue weighted by Crippen LogP contribution is 2.56. The lowest BCUT2D eigenvalue weighted by atomic mass is 9.79. The van der Waals surface area contributed by atoms with E-state index >= 15 is 0 Å². The lowest BCUT2D eigenvalue weighted by Gasteiger charge is -2.27. The fraction of sp³-hybridized carbons (Fsp3) is 0.391. The van der Waals surface area contributed by atoms with Gasteiger partial charge in [0.2, 0.25) is 5.91 Å². The molecule has 1 aromatic carbocycles. The number of allylic oxidation sites excluding steroid dienone is 1. The van der Waals surface area contributed by atoms with Crippen LogP contribution in [0.25, 0.3) is 0 Å². The fourth-order valence-electron chi connectivity index (χ4n) is 4.28. The average Bonchev–Trinajstić information content (AvgIpc) is 3.45. The van der Waals surface area contributed by atoms with Crippen LogP contribution in [0.5, 0.6) is 0 Å². The van der Waals surface area contributed by atoms with E-state index in [2.05, 4.69) is 42.4 Å². The summed E-state index contributed by atoms with van der Waals surface area (Å²) < 4.78 is 0. The zero-order valence-corrected chi connectivity index (χ0v) is 16.6. The first-order valence-electron chi connectivity index (χ1n) is 9.68. The Kier molecular flexibility index (Phi) is 4.81. The Morgan fingerprint density at radius 3 is 2.37 bits per heavy atom. The van der Waals surface area contributed by atoms with Crippen LogP contribution in [-0.2, 0) is 4.79 Å². The molecule has 0 bridgehead atoms. The third kappa shape index (κ3) is 3.79. The molecule has 1 atom stereocenters. The monoisotopic (exact) mass is 380 g/mol. The Morgan fingerprint density at radius 2 is 1.81 bits per heavy atom. The first-order chi connectivity index (χ1) is 13.0. The largest absolute Gasteiger partial charge is 0.325 e. The number of nitrogens with zero attached hydrogens (tertiary/aromatic N) is 1. The average molecular weight is 381 g/mol. The minimum Gasteiger partial charge on any atom is -0.325 e. The van der Waals surface area contributed by atoms with Gasteiger partial charge < -0.3 is 5.32 Å². The molecule has 1 fully saturated rings. The number of nitrogens with one attached hydrogen (secondary N) is 1. The van der Waals surface area contributed by atoms with Crippen LogP contribution in [0.4, 0.5) is 5.69 Å². The molecule has 0 aliphatic heterocycles. The van der Waals surface area contributed by atoms with Gasteiger partial charge in [0.1, 0.15) is 0 Å². The first kappa shape index (κ1) is 18.2. The maximum Gasteiger partial charge on any atom is 0.234 e. The third-order valence-corrected chi connectivity index (χ3v) is 6.14. The molecule has 4 heteroatoms. The summed E-state index contributed by atoms with van der Waals surface area (Å²) in [5.74, 6) is 0.661. The van der Waals surface area contributed by atoms with Gasteiger partial charge in [-0.15, -0.1) is 0 Å². The first-order valence-corrected chi connectivity index (χ1v) is 10.1. The summed E-state index contributed by atoms with van der Waals surface area (Å²) in [6.45, 7) is 4.11. The van der Waals surface area contributed by atoms with E-state index in [0.717, 1.165) is 49.2 Å². The fourth-order valence-corrected chi connectivity index (χ4v) is 4.40. The van der Waals surface area contributed by atoms with Crippen molar-refractivity contribution in [3.05, 3.63) is 70.0 Å². The van der Waals surface area contributed by atoms with Crippen molar-refractivity contribution < 1.29 is 4.79 Å². The quantitative estimate of drug-likeness (QED) is 0.664. The zero-order chi connectivity index (χ0) is 19.0. The molecule has 1 amide bonds. The van der Waals surface area contributed by atoms with E-state index in [-0.39, 0.29) is 11.3 Å². The van der Waals surface area contributed by atoms with Crippen molar-refractivity contribution in [2.75, 3.05) is 5.32 Å². The maximum absolute atomic E-state index is 12.9. The summed E-state index contributed by atoms with van der Waals surface area (Å²) in [5.41, 5.74) is 5.40. The van der Waals surface area contributed by atoms with E-state index in [1.807, 2.05) is 12.1 Å². The molecule has 0 saturated heterocycles. The Bertz CT molecular complexity index is 877. The summed E-state index contributed by atoms with van der Waals surface area (Å²) in [7, 11) is 0. The van der Waals surface area contributed by atoms with Gasteiger partial charge in [0.25, 0.3) is 0 Å². The van der Waals surface area contributed by atoms with Crippen molar-refractivity contribution in [3.63, 3.8) is 0 Å². The second-order valence-electron chi connectivity index (χ2n) is 7.93. The van der Waals surface area contributed by atoms with Crippen LogP contribution in [0.2, 0.25) is 5.02 Å². The highest BCUT2D eigenvalue weighted by molar-refractivity contribution is 6.30. The molecule has 27 heavy (non-hydrogen) atoms. The Hall–Kier alpha value is -2.13. The highest BCUT2D eigenvalue weighted by atomic mass is 35.5. The number of hydrogen-bond acceptors (Lipinski definition) is 2. The molecule has 1 aromatic heterocycles. The van der Waals surface area contributed by atoms with Gasteiger partial charge in [-0.1, -0.05) is 23.3 Å². The van der Waals surface area contributed by atoms with E-state index < -0.39 is 0 Å². The smallest absolute Gasteiger partial charge is 0.234 e. The normalized spacial score (nSPS) is 20.7. The summed E-state index contributed by atoms with van der Waals surface area (Å²) in [6.07, 6.45) is 7.35. The number of aryl methyl sites for hydroxylation is 2. The van der Waals surface area contributed by atoms with Gasteiger partial charge in [-0.05, 0) is 93.8 Å². The van der Waals surface area contributed by atoms with E-state index in [0.29, 0.717) is 10.9 Å². The van der Waals surface area contributed by atoms with E-state index in [4.69, 9.17) is 11.6 Å². The molecule has 1 unspecified atom stereocenters. The minimum atomic E-state index is -0.283. The molecule has 1 heterocycles. The lowest BCUT2D eigenvalue weighted by Crippen LogP contribution is -2.27. The summed E-state index contributed by atoms with van der Waals surface area (Å²) in [5, 5.41) is 3.76. The predicted octanol–water partition coefficient (Wildman–Crippen LogP) is 5.96. The van der Waals surface area contributed by atoms with Crippen molar-refractivity contribution in [1.29, 1.82) is 0 Å². The van der Waals surface area contributed by atoms with Gasteiger partial charge in [0.05, 0.1) is 5.41 Å². The van der Waals surface area contributed by atoms with E-state index in [1.165, 1.54) is 11.1 Å². The number of hydrogen-bond donors (Lipinski definition) is 1. The van der Waals surface area contributed by atoms with E-state index in [9.17, 15) is 4.79 Å². The van der Waals surface area contributed by atoms with Crippen LogP contribution in [-0.4, -0.2) is 10.9 Å². The van der Waals surface area contributed by atoms with Crippen molar-refractivity contribution >= 4 is 23.2 Å². The molecule has 0 spiro atoms. The van der Waals surface area contributed by atoms with Crippen LogP contribution in [0.3, 0.4) is 0 Å². The standard InChI is InChI=1S/C23H25ClN2O/c1-15-13-18(14-16(2)25-15)17-3-5-19(6-4-17)23(11-12-23)22(27)26-21-9-7-20(24)8-10-21/h5,7-10,13-14,17H,3-4,6,11-12H2,1-2H3,(H,26,27).